The zero-order valence-electron chi connectivity index (χ0n) is 7.84. The molecule has 0 aliphatic carbocycles. The summed E-state index contributed by atoms with van der Waals surface area (Å²) in [6.45, 7) is 2.36. The molecule has 0 aliphatic rings. The number of hydrogen-bond acceptors (Lipinski definition) is 4. The second-order valence-electron chi connectivity index (χ2n) is 3.11. The van der Waals surface area contributed by atoms with Crippen molar-refractivity contribution < 1.29 is 9.90 Å². The van der Waals surface area contributed by atoms with E-state index in [4.69, 9.17) is 16.2 Å². The molecular weight excluding hydrogens is 170 g/mol. The first-order valence-corrected chi connectivity index (χ1v) is 4.24. The lowest BCUT2D eigenvalue weighted by Crippen LogP contribution is -2.50. The largest absolute Gasteiger partial charge is 0.480 e. The first kappa shape index (κ1) is 12.1. The molecule has 0 aromatic rings. The Balaban J connectivity index is 4.15. The van der Waals surface area contributed by atoms with Gasteiger partial charge in [0.2, 0.25) is 0 Å². The van der Waals surface area contributed by atoms with Gasteiger partial charge in [-0.05, 0) is 26.3 Å². The summed E-state index contributed by atoms with van der Waals surface area (Å²) in [4.78, 5) is 10.9. The first-order valence-electron chi connectivity index (χ1n) is 4.24. The lowest BCUT2D eigenvalue weighted by Gasteiger charge is -2.25. The third-order valence-electron chi connectivity index (χ3n) is 1.95. The molecule has 0 saturated carbocycles. The standard InChI is InChI=1S/C8H17N3O2/c1-8(7(12)13,3-2-4-9)11-6-5-10/h5,10-11H,2-4,6,9H2,1H3,(H,12,13)/t8-/m0/s1. The Labute approximate surface area is 77.8 Å². The molecule has 0 heterocycles. The van der Waals surface area contributed by atoms with Crippen molar-refractivity contribution in [2.45, 2.75) is 25.3 Å². The van der Waals surface area contributed by atoms with Crippen molar-refractivity contribution in [1.29, 1.82) is 5.41 Å². The van der Waals surface area contributed by atoms with Gasteiger partial charge in [0.1, 0.15) is 5.54 Å². The third-order valence-corrected chi connectivity index (χ3v) is 1.95. The fourth-order valence-electron chi connectivity index (χ4n) is 1.00. The Kier molecular flexibility index (Phi) is 5.25. The van der Waals surface area contributed by atoms with E-state index < -0.39 is 11.5 Å². The van der Waals surface area contributed by atoms with Gasteiger partial charge in [-0.1, -0.05) is 0 Å². The highest BCUT2D eigenvalue weighted by Crippen LogP contribution is 2.11. The van der Waals surface area contributed by atoms with Gasteiger partial charge in [-0.15, -0.1) is 0 Å². The van der Waals surface area contributed by atoms with Gasteiger partial charge in [-0.3, -0.25) is 10.1 Å². The van der Waals surface area contributed by atoms with Crippen LogP contribution in [0.1, 0.15) is 19.8 Å². The molecule has 0 saturated heterocycles. The van der Waals surface area contributed by atoms with E-state index in [0.29, 0.717) is 19.4 Å². The zero-order valence-corrected chi connectivity index (χ0v) is 7.84. The molecular formula is C8H17N3O2. The Morgan fingerprint density at radius 2 is 2.38 bits per heavy atom. The number of carbonyl (C=O) groups is 1. The molecule has 0 aromatic heterocycles. The minimum atomic E-state index is -0.961. The van der Waals surface area contributed by atoms with E-state index in [9.17, 15) is 4.79 Å². The summed E-state index contributed by atoms with van der Waals surface area (Å²) in [7, 11) is 0. The number of carboxylic acid groups (broad SMARTS) is 1. The van der Waals surface area contributed by atoms with E-state index in [1.165, 1.54) is 0 Å². The summed E-state index contributed by atoms with van der Waals surface area (Å²) >= 11 is 0. The molecule has 0 unspecified atom stereocenters. The predicted octanol–water partition coefficient (Wildman–Crippen LogP) is -0.192. The van der Waals surface area contributed by atoms with Crippen LogP contribution >= 0.6 is 0 Å². The van der Waals surface area contributed by atoms with Crippen LogP contribution in [0.4, 0.5) is 0 Å². The highest BCUT2D eigenvalue weighted by molar-refractivity contribution is 5.78. The molecule has 13 heavy (non-hydrogen) atoms. The molecule has 0 radical (unpaired) electrons. The maximum atomic E-state index is 10.9. The smallest absolute Gasteiger partial charge is 0.323 e. The van der Waals surface area contributed by atoms with Gasteiger partial charge < -0.3 is 16.2 Å². The Bertz CT molecular complexity index is 184. The van der Waals surface area contributed by atoms with Gasteiger partial charge in [0, 0.05) is 12.8 Å². The number of nitrogens with two attached hydrogens (primary N) is 1. The van der Waals surface area contributed by atoms with Crippen molar-refractivity contribution in [3.63, 3.8) is 0 Å². The maximum absolute atomic E-state index is 10.9. The van der Waals surface area contributed by atoms with Gasteiger partial charge in [0.05, 0.1) is 0 Å². The van der Waals surface area contributed by atoms with E-state index in [2.05, 4.69) is 5.32 Å². The van der Waals surface area contributed by atoms with Crippen LogP contribution in [0, 0.1) is 5.41 Å². The number of carboxylic acids is 1. The second kappa shape index (κ2) is 5.66. The van der Waals surface area contributed by atoms with E-state index in [1.807, 2.05) is 0 Å². The zero-order chi connectivity index (χ0) is 10.3. The Morgan fingerprint density at radius 3 is 2.77 bits per heavy atom. The highest BCUT2D eigenvalue weighted by Gasteiger charge is 2.31. The highest BCUT2D eigenvalue weighted by atomic mass is 16.4. The van der Waals surface area contributed by atoms with E-state index in [-0.39, 0.29) is 6.54 Å². The van der Waals surface area contributed by atoms with Crippen LogP contribution in [-0.4, -0.2) is 35.9 Å². The predicted molar refractivity (Wildman–Crippen MR) is 51.1 cm³/mol. The van der Waals surface area contributed by atoms with Crippen LogP contribution in [0.15, 0.2) is 0 Å². The fourth-order valence-corrected chi connectivity index (χ4v) is 1.00. The van der Waals surface area contributed by atoms with E-state index in [1.54, 1.807) is 6.92 Å². The molecule has 0 aromatic carbocycles. The van der Waals surface area contributed by atoms with Crippen molar-refractivity contribution >= 4 is 12.2 Å². The quantitative estimate of drug-likeness (QED) is 0.415. The van der Waals surface area contributed by atoms with Gasteiger partial charge in [-0.25, -0.2) is 0 Å². The molecule has 0 bridgehead atoms. The summed E-state index contributed by atoms with van der Waals surface area (Å²) in [5.74, 6) is -0.900. The fraction of sp³-hybridized carbons (Fsp3) is 0.750. The molecule has 5 nitrogen and oxygen atoms in total. The molecule has 0 rings (SSSR count). The normalized spacial score (nSPS) is 14.9. The molecule has 1 atom stereocenters. The number of hydrogen-bond donors (Lipinski definition) is 4. The Hall–Kier alpha value is -0.940. The molecule has 5 N–H and O–H groups in total. The average Bonchev–Trinajstić information content (AvgIpc) is 2.11. The topological polar surface area (TPSA) is 99.2 Å². The minimum Gasteiger partial charge on any atom is -0.480 e. The monoisotopic (exact) mass is 187 g/mol. The lowest BCUT2D eigenvalue weighted by atomic mass is 9.96. The number of nitrogens with one attached hydrogen (secondary N) is 2. The molecule has 76 valence electrons. The third kappa shape index (κ3) is 4.00. The van der Waals surface area contributed by atoms with E-state index >= 15 is 0 Å². The minimum absolute atomic E-state index is 0.271. The molecule has 0 amide bonds. The van der Waals surface area contributed by atoms with Crippen LogP contribution in [0.25, 0.3) is 0 Å². The van der Waals surface area contributed by atoms with Crippen molar-refractivity contribution in [2.75, 3.05) is 13.1 Å². The Morgan fingerprint density at radius 1 is 1.77 bits per heavy atom. The molecule has 0 spiro atoms. The SMILES string of the molecule is C[C@@](CCCN)(NCC=N)C(=O)O. The van der Waals surface area contributed by atoms with Crippen molar-refractivity contribution in [3.8, 4) is 0 Å². The van der Waals surface area contributed by atoms with Crippen LogP contribution in [0.5, 0.6) is 0 Å². The van der Waals surface area contributed by atoms with Crippen LogP contribution in [0.3, 0.4) is 0 Å². The summed E-state index contributed by atoms with van der Waals surface area (Å²) in [6, 6.07) is 0. The second-order valence-corrected chi connectivity index (χ2v) is 3.11. The van der Waals surface area contributed by atoms with Crippen molar-refractivity contribution in [3.05, 3.63) is 0 Å². The summed E-state index contributed by atoms with van der Waals surface area (Å²) in [5.41, 5.74) is 4.34. The van der Waals surface area contributed by atoms with E-state index in [0.717, 1.165) is 6.21 Å². The molecule has 5 heteroatoms. The summed E-state index contributed by atoms with van der Waals surface area (Å²) in [5, 5.41) is 18.5. The van der Waals surface area contributed by atoms with Crippen molar-refractivity contribution in [1.82, 2.24) is 5.32 Å². The first-order chi connectivity index (χ1) is 6.06. The van der Waals surface area contributed by atoms with Crippen LogP contribution < -0.4 is 11.1 Å². The average molecular weight is 187 g/mol. The van der Waals surface area contributed by atoms with Crippen molar-refractivity contribution in [2.24, 2.45) is 5.73 Å². The summed E-state index contributed by atoms with van der Waals surface area (Å²) < 4.78 is 0. The van der Waals surface area contributed by atoms with Gasteiger partial charge in [-0.2, -0.15) is 0 Å². The molecule has 0 aliphatic heterocycles. The lowest BCUT2D eigenvalue weighted by molar-refractivity contribution is -0.144. The van der Waals surface area contributed by atoms with Crippen LogP contribution in [-0.2, 0) is 4.79 Å². The van der Waals surface area contributed by atoms with Crippen LogP contribution in [0.2, 0.25) is 0 Å². The maximum Gasteiger partial charge on any atom is 0.323 e. The van der Waals surface area contributed by atoms with Gasteiger partial charge in [0.15, 0.2) is 0 Å². The number of rotatable bonds is 7. The number of aliphatic carboxylic acids is 1. The summed E-state index contributed by atoms with van der Waals surface area (Å²) in [6.07, 6.45) is 2.28. The van der Waals surface area contributed by atoms with Gasteiger partial charge >= 0.3 is 5.97 Å². The molecule has 0 fully saturated rings. The van der Waals surface area contributed by atoms with Gasteiger partial charge in [0.25, 0.3) is 0 Å².